The fraction of sp³-hybridized carbons (Fsp3) is 0.920. The fourth-order valence-electron chi connectivity index (χ4n) is 7.12. The number of ether oxygens (including phenoxy) is 1. The highest BCUT2D eigenvalue weighted by molar-refractivity contribution is 8.00. The number of halogens is 4. The lowest BCUT2D eigenvalue weighted by Crippen LogP contribution is -2.67. The molecule has 0 radical (unpaired) electrons. The molecule has 12 unspecified atom stereocenters. The molecule has 5 heterocycles. The van der Waals surface area contributed by atoms with Crippen molar-refractivity contribution >= 4 is 35.2 Å². The maximum absolute atomic E-state index is 13.6. The van der Waals surface area contributed by atoms with Gasteiger partial charge in [-0.2, -0.15) is 13.2 Å². The van der Waals surface area contributed by atoms with Gasteiger partial charge in [-0.3, -0.25) is 20.2 Å². The number of rotatable bonds is 5. The Labute approximate surface area is 242 Å². The van der Waals surface area contributed by atoms with Gasteiger partial charge in [-0.15, -0.1) is 23.4 Å². The van der Waals surface area contributed by atoms with Gasteiger partial charge in [0.15, 0.2) is 0 Å². The van der Waals surface area contributed by atoms with Crippen LogP contribution < -0.4 is 31.9 Å². The smallest absolute Gasteiger partial charge is 0.380 e. The maximum Gasteiger partial charge on any atom is 0.405 e. The number of hydrogen-bond acceptors (Lipinski definition) is 9. The number of fused-ring (bicyclic) bond motifs is 1. The van der Waals surface area contributed by atoms with Crippen LogP contribution in [0.1, 0.15) is 26.7 Å². The molecule has 12 atom stereocenters. The van der Waals surface area contributed by atoms with Crippen molar-refractivity contribution in [1.82, 2.24) is 36.8 Å². The summed E-state index contributed by atoms with van der Waals surface area (Å²) in [4.78, 5) is 28.4. The second-order valence-corrected chi connectivity index (χ2v) is 13.8. The third kappa shape index (κ3) is 6.53. The number of alkyl halides is 4. The molecule has 228 valence electrons. The average Bonchev–Trinajstić information content (AvgIpc) is 3.46. The summed E-state index contributed by atoms with van der Waals surface area (Å²) in [6.45, 7) is 5.69. The minimum atomic E-state index is -4.37. The first-order valence-corrected chi connectivity index (χ1v) is 15.5. The van der Waals surface area contributed by atoms with Crippen LogP contribution in [0.2, 0.25) is 0 Å². The zero-order chi connectivity index (χ0) is 28.8. The van der Waals surface area contributed by atoms with Crippen LogP contribution in [0, 0.1) is 17.8 Å². The van der Waals surface area contributed by atoms with Crippen molar-refractivity contribution < 1.29 is 27.5 Å². The van der Waals surface area contributed by atoms with Gasteiger partial charge in [-0.05, 0) is 38.5 Å². The number of nitrogens with zero attached hydrogens (tertiary/aromatic N) is 1. The molecule has 0 aliphatic carbocycles. The van der Waals surface area contributed by atoms with Gasteiger partial charge >= 0.3 is 6.18 Å². The highest BCUT2D eigenvalue weighted by Gasteiger charge is 2.50. The van der Waals surface area contributed by atoms with E-state index in [1.807, 2.05) is 0 Å². The van der Waals surface area contributed by atoms with Crippen molar-refractivity contribution in [3.63, 3.8) is 0 Å². The summed E-state index contributed by atoms with van der Waals surface area (Å²) >= 11 is 8.04. The Kier molecular flexibility index (Phi) is 9.47. The topological polar surface area (TPSA) is 119 Å². The molecule has 15 heteroatoms. The number of nitrogens with one attached hydrogen (secondary N) is 6. The molecule has 6 N–H and O–H groups in total. The number of thioether (sulfide) groups is 1. The van der Waals surface area contributed by atoms with Crippen LogP contribution in [0.25, 0.3) is 0 Å². The Morgan fingerprint density at radius 1 is 1.02 bits per heavy atom. The largest absolute Gasteiger partial charge is 0.405 e. The molecule has 0 aromatic rings. The first-order valence-electron chi connectivity index (χ1n) is 14.1. The first-order chi connectivity index (χ1) is 18.9. The molecule has 5 fully saturated rings. The van der Waals surface area contributed by atoms with E-state index in [2.05, 4.69) is 38.8 Å². The van der Waals surface area contributed by atoms with Crippen molar-refractivity contribution in [3.8, 4) is 0 Å². The zero-order valence-electron chi connectivity index (χ0n) is 23.0. The summed E-state index contributed by atoms with van der Waals surface area (Å²) in [5.74, 6) is -0.106. The molecule has 5 aliphatic rings. The van der Waals surface area contributed by atoms with Crippen LogP contribution in [-0.2, 0) is 14.3 Å². The highest BCUT2D eigenvalue weighted by atomic mass is 35.5. The van der Waals surface area contributed by atoms with Gasteiger partial charge in [-0.25, -0.2) is 0 Å². The standard InChI is InChI=1S/C25H41ClF3N7O3S/c1-11-4-13(14-5-20(26)31-8-18(14)39-3)15(6-30-11)22(37)35-24-34-17-9-36(10-19(17)40-24)23(38)16-7-32-21(12(2)33-16)25(27,28)29/h11-21,24,30-34H,4-10H2,1-3H3,(H,35,37). The van der Waals surface area contributed by atoms with E-state index in [9.17, 15) is 22.8 Å². The van der Waals surface area contributed by atoms with Gasteiger partial charge in [0.05, 0.1) is 23.6 Å². The summed E-state index contributed by atoms with van der Waals surface area (Å²) < 4.78 is 45.2. The minimum absolute atomic E-state index is 0.00125. The molecule has 5 rings (SSSR count). The van der Waals surface area contributed by atoms with Crippen LogP contribution >= 0.6 is 23.4 Å². The second-order valence-electron chi connectivity index (χ2n) is 11.9. The molecule has 5 aliphatic heterocycles. The molecule has 40 heavy (non-hydrogen) atoms. The number of hydrogen-bond donors (Lipinski definition) is 6. The lowest BCUT2D eigenvalue weighted by atomic mass is 9.70. The van der Waals surface area contributed by atoms with Gasteiger partial charge in [0, 0.05) is 63.2 Å². The Bertz CT molecular complexity index is 925. The van der Waals surface area contributed by atoms with Gasteiger partial charge in [0.1, 0.15) is 11.5 Å². The van der Waals surface area contributed by atoms with Crippen LogP contribution in [0.15, 0.2) is 0 Å². The molecule has 0 bridgehead atoms. The SMILES string of the molecule is COC1CNC(Cl)CC1C1CC(C)NCC1C(=O)NC1NC2CN(C(=O)C3CNC(C(F)(F)F)C(C)N3)CC2S1. The van der Waals surface area contributed by atoms with E-state index in [1.54, 1.807) is 23.8 Å². The van der Waals surface area contributed by atoms with Gasteiger partial charge in [0.25, 0.3) is 0 Å². The van der Waals surface area contributed by atoms with E-state index in [4.69, 9.17) is 16.3 Å². The van der Waals surface area contributed by atoms with Crippen molar-refractivity contribution in [1.29, 1.82) is 0 Å². The van der Waals surface area contributed by atoms with Crippen LogP contribution in [-0.4, -0.2) is 115 Å². The third-order valence-electron chi connectivity index (χ3n) is 9.20. The van der Waals surface area contributed by atoms with E-state index in [1.165, 1.54) is 6.92 Å². The van der Waals surface area contributed by atoms with Crippen molar-refractivity contribution in [3.05, 3.63) is 0 Å². The number of carbonyl (C=O) groups is 2. The van der Waals surface area contributed by atoms with E-state index < -0.39 is 24.3 Å². The van der Waals surface area contributed by atoms with Gasteiger partial charge in [-0.1, -0.05) is 0 Å². The number of piperazine rings is 1. The predicted molar refractivity (Wildman–Crippen MR) is 147 cm³/mol. The lowest BCUT2D eigenvalue weighted by Gasteiger charge is -2.45. The number of likely N-dealkylation sites (tertiary alicyclic amines) is 1. The first kappa shape index (κ1) is 30.6. The van der Waals surface area contributed by atoms with Crippen molar-refractivity contribution in [2.24, 2.45) is 17.8 Å². The Morgan fingerprint density at radius 2 is 1.80 bits per heavy atom. The molecule has 0 aromatic heterocycles. The van der Waals surface area contributed by atoms with E-state index in [0.717, 1.165) is 12.8 Å². The van der Waals surface area contributed by atoms with Gasteiger partial charge in [0.2, 0.25) is 11.8 Å². The summed E-state index contributed by atoms with van der Waals surface area (Å²) in [6.07, 6.45) is -2.76. The molecule has 5 saturated heterocycles. The fourth-order valence-corrected chi connectivity index (χ4v) is 8.82. The van der Waals surface area contributed by atoms with Crippen LogP contribution in [0.4, 0.5) is 13.2 Å². The predicted octanol–water partition coefficient (Wildman–Crippen LogP) is -0.0136. The second kappa shape index (κ2) is 12.4. The number of piperidine rings is 2. The zero-order valence-corrected chi connectivity index (χ0v) is 24.5. The van der Waals surface area contributed by atoms with Crippen molar-refractivity contribution in [2.45, 2.75) is 85.4 Å². The van der Waals surface area contributed by atoms with E-state index in [0.29, 0.717) is 32.2 Å². The highest BCUT2D eigenvalue weighted by Crippen LogP contribution is 2.38. The molecule has 0 spiro atoms. The van der Waals surface area contributed by atoms with Crippen molar-refractivity contribution in [2.75, 3.05) is 39.8 Å². The third-order valence-corrected chi connectivity index (χ3v) is 10.9. The summed E-state index contributed by atoms with van der Waals surface area (Å²) in [5, 5.41) is 18.8. The lowest BCUT2D eigenvalue weighted by molar-refractivity contribution is -0.168. The van der Waals surface area contributed by atoms with Crippen LogP contribution in [0.5, 0.6) is 0 Å². The minimum Gasteiger partial charge on any atom is -0.380 e. The Morgan fingerprint density at radius 3 is 2.48 bits per heavy atom. The average molecular weight is 612 g/mol. The Balaban J connectivity index is 1.14. The quantitative estimate of drug-likeness (QED) is 0.188. The normalized spacial score (nSPS) is 44.3. The monoisotopic (exact) mass is 611 g/mol. The van der Waals surface area contributed by atoms with E-state index in [-0.39, 0.29) is 64.5 Å². The molecular formula is C25H41ClF3N7O3S. The number of methoxy groups -OCH3 is 1. The maximum atomic E-state index is 13.6. The molecule has 10 nitrogen and oxygen atoms in total. The molecular weight excluding hydrogens is 571 g/mol. The summed E-state index contributed by atoms with van der Waals surface area (Å²) in [5.41, 5.74) is -0.412. The summed E-state index contributed by atoms with van der Waals surface area (Å²) in [7, 11) is 1.71. The summed E-state index contributed by atoms with van der Waals surface area (Å²) in [6, 6.07) is -2.99. The molecule has 0 aromatic carbocycles. The number of carbonyl (C=O) groups excluding carboxylic acids is 2. The van der Waals surface area contributed by atoms with E-state index >= 15 is 0 Å². The number of amides is 2. The van der Waals surface area contributed by atoms with Crippen LogP contribution in [0.3, 0.4) is 0 Å². The molecule has 2 amide bonds. The Hall–Kier alpha value is -0.870. The molecule has 0 saturated carbocycles. The van der Waals surface area contributed by atoms with Gasteiger partial charge < -0.3 is 30.9 Å².